The third-order valence-corrected chi connectivity index (χ3v) is 6.41. The van der Waals surface area contributed by atoms with E-state index in [1.807, 2.05) is 18.2 Å². The molecule has 2 aliphatic heterocycles. The topological polar surface area (TPSA) is 80.5 Å². The van der Waals surface area contributed by atoms with Crippen molar-refractivity contribution in [1.82, 2.24) is 4.98 Å². The van der Waals surface area contributed by atoms with Crippen LogP contribution >= 0.6 is 11.3 Å². The number of nitrogens with one attached hydrogen (secondary N) is 1. The molecule has 0 radical (unpaired) electrons. The van der Waals surface area contributed by atoms with Gasteiger partial charge in [-0.1, -0.05) is 11.3 Å². The van der Waals surface area contributed by atoms with Crippen LogP contribution in [-0.4, -0.2) is 43.7 Å². The van der Waals surface area contributed by atoms with E-state index < -0.39 is 5.41 Å². The molecule has 2 saturated heterocycles. The molecule has 7 heteroatoms. The van der Waals surface area contributed by atoms with Crippen molar-refractivity contribution in [2.45, 2.75) is 25.7 Å². The summed E-state index contributed by atoms with van der Waals surface area (Å²) in [5.74, 6) is 0.00179. The maximum absolute atomic E-state index is 12.8. The van der Waals surface area contributed by atoms with Crippen molar-refractivity contribution >= 4 is 38.3 Å². The van der Waals surface area contributed by atoms with E-state index in [4.69, 9.17) is 15.5 Å². The summed E-state index contributed by atoms with van der Waals surface area (Å²) >= 11 is 1.70. The summed E-state index contributed by atoms with van der Waals surface area (Å²) in [7, 11) is 0. The minimum atomic E-state index is -0.512. The highest BCUT2D eigenvalue weighted by Crippen LogP contribution is 2.34. The molecule has 2 aliphatic rings. The highest BCUT2D eigenvalue weighted by Gasteiger charge is 2.38. The normalized spacial score (nSPS) is 20.1. The summed E-state index contributed by atoms with van der Waals surface area (Å²) in [6.07, 6.45) is 3.83. The molecule has 1 aromatic heterocycles. The number of ether oxygens (including phenoxy) is 1. The molecular weight excluding hydrogens is 336 g/mol. The van der Waals surface area contributed by atoms with Crippen LogP contribution in [0.3, 0.4) is 0 Å². The van der Waals surface area contributed by atoms with Gasteiger partial charge in [-0.3, -0.25) is 4.79 Å². The molecule has 2 fully saturated rings. The maximum Gasteiger partial charge on any atom is 0.232 e. The van der Waals surface area contributed by atoms with Gasteiger partial charge in [0.05, 0.1) is 15.6 Å². The van der Waals surface area contributed by atoms with E-state index in [1.54, 1.807) is 11.3 Å². The van der Waals surface area contributed by atoms with Crippen molar-refractivity contribution in [1.29, 1.82) is 0 Å². The van der Waals surface area contributed by atoms with Crippen LogP contribution in [-0.2, 0) is 9.53 Å². The number of hydrogen-bond donors (Lipinski definition) is 2. The van der Waals surface area contributed by atoms with Crippen LogP contribution in [0.1, 0.15) is 25.7 Å². The monoisotopic (exact) mass is 360 g/mol. The highest BCUT2D eigenvalue weighted by atomic mass is 32.1. The lowest BCUT2D eigenvalue weighted by Crippen LogP contribution is -2.46. The largest absolute Gasteiger partial charge is 0.381 e. The van der Waals surface area contributed by atoms with Gasteiger partial charge >= 0.3 is 0 Å². The van der Waals surface area contributed by atoms with Gasteiger partial charge in [-0.2, -0.15) is 0 Å². The van der Waals surface area contributed by atoms with Crippen LogP contribution in [0.25, 0.3) is 10.2 Å². The Labute approximate surface area is 151 Å². The van der Waals surface area contributed by atoms with Gasteiger partial charge in [0.25, 0.3) is 0 Å². The van der Waals surface area contributed by atoms with E-state index in [9.17, 15) is 4.79 Å². The first-order valence-corrected chi connectivity index (χ1v) is 9.77. The summed E-state index contributed by atoms with van der Waals surface area (Å²) in [6, 6.07) is 5.94. The molecule has 0 spiro atoms. The molecule has 1 aromatic carbocycles. The van der Waals surface area contributed by atoms with Crippen molar-refractivity contribution < 1.29 is 9.53 Å². The lowest BCUT2D eigenvalue weighted by molar-refractivity contribution is -0.130. The number of hydrogen-bond acceptors (Lipinski definition) is 6. The fourth-order valence-electron chi connectivity index (χ4n) is 3.58. The Morgan fingerprint density at radius 1 is 1.32 bits per heavy atom. The van der Waals surface area contributed by atoms with Crippen molar-refractivity contribution in [3.63, 3.8) is 0 Å². The van der Waals surface area contributed by atoms with Crippen LogP contribution in [0.15, 0.2) is 18.2 Å². The van der Waals surface area contributed by atoms with Crippen LogP contribution in [0, 0.1) is 5.41 Å². The third-order valence-electron chi connectivity index (χ3n) is 5.33. The van der Waals surface area contributed by atoms with Gasteiger partial charge in [-0.25, -0.2) is 4.98 Å². The first-order chi connectivity index (χ1) is 12.2. The lowest BCUT2D eigenvalue weighted by Gasteiger charge is -2.34. The van der Waals surface area contributed by atoms with E-state index >= 15 is 0 Å². The second-order valence-corrected chi connectivity index (χ2v) is 7.93. The molecule has 3 N–H and O–H groups in total. The Balaban J connectivity index is 1.53. The SMILES string of the molecule is NCC1(C(=O)Nc2ccc3nc(N4CCCC4)sc3c2)CCOCC1. The van der Waals surface area contributed by atoms with Gasteiger partial charge in [0.1, 0.15) is 0 Å². The van der Waals surface area contributed by atoms with Crippen molar-refractivity contribution in [2.75, 3.05) is 43.1 Å². The van der Waals surface area contributed by atoms with E-state index in [0.717, 1.165) is 34.1 Å². The first kappa shape index (κ1) is 16.8. The number of anilines is 2. The smallest absolute Gasteiger partial charge is 0.232 e. The average Bonchev–Trinajstić information content (AvgIpc) is 3.31. The molecule has 1 amide bonds. The van der Waals surface area contributed by atoms with Crippen LogP contribution in [0.2, 0.25) is 0 Å². The van der Waals surface area contributed by atoms with Gasteiger partial charge in [0, 0.05) is 38.5 Å². The zero-order valence-electron chi connectivity index (χ0n) is 14.3. The molecule has 25 heavy (non-hydrogen) atoms. The van der Waals surface area contributed by atoms with E-state index in [-0.39, 0.29) is 5.91 Å². The average molecular weight is 360 g/mol. The van der Waals surface area contributed by atoms with E-state index in [1.165, 1.54) is 12.8 Å². The Morgan fingerprint density at radius 2 is 2.08 bits per heavy atom. The van der Waals surface area contributed by atoms with Gasteiger partial charge in [0.15, 0.2) is 5.13 Å². The molecule has 6 nitrogen and oxygen atoms in total. The van der Waals surface area contributed by atoms with Gasteiger partial charge in [-0.15, -0.1) is 0 Å². The molecule has 0 atom stereocenters. The zero-order valence-corrected chi connectivity index (χ0v) is 15.1. The Kier molecular flexibility index (Phi) is 4.62. The Morgan fingerprint density at radius 3 is 2.80 bits per heavy atom. The number of thiazole rings is 1. The minimum Gasteiger partial charge on any atom is -0.381 e. The van der Waals surface area contributed by atoms with Gasteiger partial charge < -0.3 is 20.7 Å². The van der Waals surface area contributed by atoms with Crippen LogP contribution < -0.4 is 16.0 Å². The second kappa shape index (κ2) is 6.90. The summed E-state index contributed by atoms with van der Waals surface area (Å²) < 4.78 is 6.49. The molecule has 3 heterocycles. The Bertz CT molecular complexity index is 764. The first-order valence-electron chi connectivity index (χ1n) is 8.95. The van der Waals surface area contributed by atoms with Crippen LogP contribution in [0.4, 0.5) is 10.8 Å². The van der Waals surface area contributed by atoms with Gasteiger partial charge in [-0.05, 0) is 43.9 Å². The van der Waals surface area contributed by atoms with Crippen molar-refractivity contribution in [3.05, 3.63) is 18.2 Å². The van der Waals surface area contributed by atoms with Crippen molar-refractivity contribution in [3.8, 4) is 0 Å². The number of nitrogens with zero attached hydrogens (tertiary/aromatic N) is 2. The standard InChI is InChI=1S/C18H24N4O2S/c19-12-18(5-9-24-10-6-18)16(23)20-13-3-4-14-15(11-13)25-17(21-14)22-7-1-2-8-22/h3-4,11H,1-2,5-10,12,19H2,(H,20,23). The lowest BCUT2D eigenvalue weighted by atomic mass is 9.79. The third kappa shape index (κ3) is 3.23. The number of benzene rings is 1. The number of rotatable bonds is 4. The second-order valence-electron chi connectivity index (χ2n) is 6.92. The molecule has 0 saturated carbocycles. The number of fused-ring (bicyclic) bond motifs is 1. The quantitative estimate of drug-likeness (QED) is 0.876. The molecule has 0 unspecified atom stereocenters. The Hall–Kier alpha value is -1.70. The number of carbonyl (C=O) groups excluding carboxylic acids is 1. The van der Waals surface area contributed by atoms with E-state index in [2.05, 4.69) is 10.2 Å². The van der Waals surface area contributed by atoms with Crippen LogP contribution in [0.5, 0.6) is 0 Å². The number of nitrogens with two attached hydrogens (primary N) is 1. The van der Waals surface area contributed by atoms with Gasteiger partial charge in [0.2, 0.25) is 5.91 Å². The highest BCUT2D eigenvalue weighted by molar-refractivity contribution is 7.22. The summed E-state index contributed by atoms with van der Waals surface area (Å²) in [5.41, 5.74) is 7.22. The minimum absolute atomic E-state index is 0.00179. The summed E-state index contributed by atoms with van der Waals surface area (Å²) in [6.45, 7) is 3.72. The zero-order chi connectivity index (χ0) is 17.3. The predicted molar refractivity (Wildman–Crippen MR) is 101 cm³/mol. The molecule has 134 valence electrons. The predicted octanol–water partition coefficient (Wildman–Crippen LogP) is 2.59. The molecule has 4 rings (SSSR count). The molecular formula is C18H24N4O2S. The number of aromatic nitrogens is 1. The fraction of sp³-hybridized carbons (Fsp3) is 0.556. The summed E-state index contributed by atoms with van der Waals surface area (Å²) in [4.78, 5) is 19.9. The molecule has 0 aliphatic carbocycles. The van der Waals surface area contributed by atoms with Crippen molar-refractivity contribution in [2.24, 2.45) is 11.1 Å². The maximum atomic E-state index is 12.8. The molecule has 0 bridgehead atoms. The fourth-order valence-corrected chi connectivity index (χ4v) is 4.64. The molecule has 2 aromatic rings. The number of amides is 1. The number of carbonyl (C=O) groups is 1. The van der Waals surface area contributed by atoms with E-state index in [0.29, 0.717) is 32.6 Å². The summed E-state index contributed by atoms with van der Waals surface area (Å²) in [5, 5.41) is 4.15.